The summed E-state index contributed by atoms with van der Waals surface area (Å²) in [4.78, 5) is 23.7. The Kier molecular flexibility index (Phi) is 3.73. The van der Waals surface area contributed by atoms with Crippen molar-refractivity contribution in [1.82, 2.24) is 0 Å². The summed E-state index contributed by atoms with van der Waals surface area (Å²) in [6.45, 7) is 0. The molecule has 0 saturated carbocycles. The molecule has 0 spiro atoms. The van der Waals surface area contributed by atoms with E-state index in [1.54, 1.807) is 18.2 Å². The van der Waals surface area contributed by atoms with E-state index in [1.807, 2.05) is 0 Å². The van der Waals surface area contributed by atoms with Crippen LogP contribution in [0.5, 0.6) is 17.2 Å². The van der Waals surface area contributed by atoms with Gasteiger partial charge in [-0.1, -0.05) is 18.2 Å². The van der Waals surface area contributed by atoms with E-state index in [-0.39, 0.29) is 22.6 Å². The first-order valence-corrected chi connectivity index (χ1v) is 7.21. The van der Waals surface area contributed by atoms with Crippen LogP contribution in [0.4, 0.5) is 0 Å². The first-order chi connectivity index (χ1) is 11.4. The highest BCUT2D eigenvalue weighted by atomic mass is 16.4. The number of rotatable bonds is 3. The Morgan fingerprint density at radius 1 is 1.08 bits per heavy atom. The van der Waals surface area contributed by atoms with Gasteiger partial charge in [0.15, 0.2) is 5.78 Å². The molecule has 0 radical (unpaired) electrons. The third-order valence-electron chi connectivity index (χ3n) is 3.97. The summed E-state index contributed by atoms with van der Waals surface area (Å²) in [5.74, 6) is -2.45. The smallest absolute Gasteiger partial charge is 0.308 e. The van der Waals surface area contributed by atoms with Gasteiger partial charge in [0.2, 0.25) is 0 Å². The highest BCUT2D eigenvalue weighted by Crippen LogP contribution is 2.39. The molecular formula is C18H14O6. The van der Waals surface area contributed by atoms with Gasteiger partial charge in [-0.3, -0.25) is 9.59 Å². The largest absolute Gasteiger partial charge is 0.508 e. The first-order valence-electron chi connectivity index (χ1n) is 7.21. The Bertz CT molecular complexity index is 877. The summed E-state index contributed by atoms with van der Waals surface area (Å²) in [5, 5.41) is 38.5. The molecule has 24 heavy (non-hydrogen) atoms. The average Bonchev–Trinajstić information content (AvgIpc) is 2.52. The van der Waals surface area contributed by atoms with Crippen LogP contribution in [-0.2, 0) is 17.6 Å². The molecule has 0 aromatic heterocycles. The second-order valence-electron chi connectivity index (χ2n) is 5.53. The molecule has 0 fully saturated rings. The minimum Gasteiger partial charge on any atom is -0.508 e. The van der Waals surface area contributed by atoms with E-state index in [1.165, 1.54) is 18.2 Å². The minimum atomic E-state index is -1.22. The lowest BCUT2D eigenvalue weighted by Gasteiger charge is -2.20. The van der Waals surface area contributed by atoms with Gasteiger partial charge in [-0.05, 0) is 35.7 Å². The number of carboxylic acid groups (broad SMARTS) is 1. The van der Waals surface area contributed by atoms with Crippen LogP contribution in [0.15, 0.2) is 36.4 Å². The summed E-state index contributed by atoms with van der Waals surface area (Å²) < 4.78 is 0. The number of hydrogen-bond donors (Lipinski definition) is 4. The Morgan fingerprint density at radius 2 is 1.75 bits per heavy atom. The van der Waals surface area contributed by atoms with E-state index >= 15 is 0 Å². The number of carbonyl (C=O) groups is 2. The van der Waals surface area contributed by atoms with Crippen LogP contribution in [-0.4, -0.2) is 32.2 Å². The molecule has 0 amide bonds. The molecule has 122 valence electrons. The number of phenols is 3. The third-order valence-corrected chi connectivity index (χ3v) is 3.97. The van der Waals surface area contributed by atoms with E-state index in [2.05, 4.69) is 0 Å². The van der Waals surface area contributed by atoms with Crippen LogP contribution >= 0.6 is 0 Å². The standard InChI is InChI=1S/C18H14O6/c19-11-4-1-9(2-5-11)12-6-3-10-7-14(20)13(8-15(21)22)18(24)16(10)17(12)23/h1-2,4-7,19-20,24H,3,8H2,(H,21,22). The number of phenolic OH excluding ortho intramolecular Hbond substituents is 3. The van der Waals surface area contributed by atoms with Crippen molar-refractivity contribution in [3.63, 3.8) is 0 Å². The lowest BCUT2D eigenvalue weighted by Crippen LogP contribution is -2.14. The monoisotopic (exact) mass is 326 g/mol. The van der Waals surface area contributed by atoms with Gasteiger partial charge in [0.1, 0.15) is 17.2 Å². The fourth-order valence-corrected chi connectivity index (χ4v) is 2.82. The van der Waals surface area contributed by atoms with E-state index in [0.717, 1.165) is 0 Å². The molecule has 1 aliphatic carbocycles. The topological polar surface area (TPSA) is 115 Å². The fourth-order valence-electron chi connectivity index (χ4n) is 2.82. The Labute approximate surface area is 136 Å². The summed E-state index contributed by atoms with van der Waals surface area (Å²) in [6.07, 6.45) is 1.40. The molecule has 0 saturated heterocycles. The molecule has 3 rings (SSSR count). The SMILES string of the molecule is O=C(O)Cc1c(O)cc2c(c1O)C(=O)C(c1ccc(O)cc1)=CC2. The number of ketones is 1. The zero-order chi connectivity index (χ0) is 17.4. The van der Waals surface area contributed by atoms with Crippen LogP contribution in [0.2, 0.25) is 0 Å². The lowest BCUT2D eigenvalue weighted by atomic mass is 9.84. The molecule has 2 aromatic rings. The molecule has 2 aromatic carbocycles. The van der Waals surface area contributed by atoms with Crippen molar-refractivity contribution in [3.8, 4) is 17.2 Å². The molecule has 1 aliphatic rings. The number of aromatic hydroxyl groups is 3. The summed E-state index contributed by atoms with van der Waals surface area (Å²) in [7, 11) is 0. The van der Waals surface area contributed by atoms with Crippen LogP contribution in [0.3, 0.4) is 0 Å². The van der Waals surface area contributed by atoms with Crippen LogP contribution in [0.25, 0.3) is 5.57 Å². The molecule has 0 atom stereocenters. The zero-order valence-corrected chi connectivity index (χ0v) is 12.5. The van der Waals surface area contributed by atoms with Crippen molar-refractivity contribution in [2.75, 3.05) is 0 Å². The van der Waals surface area contributed by atoms with Gasteiger partial charge in [0.25, 0.3) is 0 Å². The number of allylic oxidation sites excluding steroid dienone is 2. The normalized spacial score (nSPS) is 13.3. The molecule has 6 heteroatoms. The van der Waals surface area contributed by atoms with Crippen LogP contribution < -0.4 is 0 Å². The molecule has 0 unspecified atom stereocenters. The Morgan fingerprint density at radius 3 is 2.38 bits per heavy atom. The maximum Gasteiger partial charge on any atom is 0.308 e. The number of benzene rings is 2. The maximum atomic E-state index is 12.8. The van der Waals surface area contributed by atoms with Gasteiger partial charge in [0.05, 0.1) is 12.0 Å². The van der Waals surface area contributed by atoms with Gasteiger partial charge < -0.3 is 20.4 Å². The molecular weight excluding hydrogens is 312 g/mol. The number of hydrogen-bond acceptors (Lipinski definition) is 5. The van der Waals surface area contributed by atoms with Crippen molar-refractivity contribution >= 4 is 17.3 Å². The molecule has 6 nitrogen and oxygen atoms in total. The van der Waals surface area contributed by atoms with E-state index in [9.17, 15) is 24.9 Å². The number of fused-ring (bicyclic) bond motifs is 1. The van der Waals surface area contributed by atoms with Gasteiger partial charge in [-0.15, -0.1) is 0 Å². The van der Waals surface area contributed by atoms with Crippen molar-refractivity contribution < 1.29 is 30.0 Å². The van der Waals surface area contributed by atoms with Gasteiger partial charge in [0, 0.05) is 11.1 Å². The van der Waals surface area contributed by atoms with E-state index in [0.29, 0.717) is 23.1 Å². The predicted molar refractivity (Wildman–Crippen MR) is 85.2 cm³/mol. The molecule has 0 bridgehead atoms. The van der Waals surface area contributed by atoms with Crippen LogP contribution in [0.1, 0.15) is 27.0 Å². The highest BCUT2D eigenvalue weighted by molar-refractivity contribution is 6.31. The fraction of sp³-hybridized carbons (Fsp3) is 0.111. The average molecular weight is 326 g/mol. The van der Waals surface area contributed by atoms with E-state index in [4.69, 9.17) is 5.11 Å². The predicted octanol–water partition coefficient (Wildman–Crippen LogP) is 2.25. The number of carbonyl (C=O) groups excluding carboxylic acids is 1. The quantitative estimate of drug-likeness (QED) is 0.688. The first kappa shape index (κ1) is 15.6. The number of aliphatic carboxylic acids is 1. The van der Waals surface area contributed by atoms with Gasteiger partial charge in [-0.2, -0.15) is 0 Å². The Balaban J connectivity index is 2.09. The summed E-state index contributed by atoms with van der Waals surface area (Å²) in [5.41, 5.74) is 1.20. The molecule has 4 N–H and O–H groups in total. The number of carboxylic acids is 1. The molecule has 0 heterocycles. The third kappa shape index (κ3) is 2.58. The van der Waals surface area contributed by atoms with Crippen molar-refractivity contribution in [1.29, 1.82) is 0 Å². The summed E-state index contributed by atoms with van der Waals surface area (Å²) >= 11 is 0. The summed E-state index contributed by atoms with van der Waals surface area (Å²) in [6, 6.07) is 7.38. The van der Waals surface area contributed by atoms with Gasteiger partial charge >= 0.3 is 5.97 Å². The van der Waals surface area contributed by atoms with E-state index < -0.39 is 23.9 Å². The highest BCUT2D eigenvalue weighted by Gasteiger charge is 2.28. The second kappa shape index (κ2) is 5.73. The second-order valence-corrected chi connectivity index (χ2v) is 5.53. The van der Waals surface area contributed by atoms with Crippen LogP contribution in [0, 0.1) is 0 Å². The van der Waals surface area contributed by atoms with Crippen molar-refractivity contribution in [2.45, 2.75) is 12.8 Å². The number of Topliss-reactive ketones (excluding diaryl/α,β-unsaturated/α-hetero) is 1. The lowest BCUT2D eigenvalue weighted by molar-refractivity contribution is -0.136. The maximum absolute atomic E-state index is 12.8. The zero-order valence-electron chi connectivity index (χ0n) is 12.5. The minimum absolute atomic E-state index is 0.00891. The molecule has 0 aliphatic heterocycles. The van der Waals surface area contributed by atoms with Crippen molar-refractivity contribution in [2.24, 2.45) is 0 Å². The van der Waals surface area contributed by atoms with Crippen molar-refractivity contribution in [3.05, 3.63) is 58.7 Å². The van der Waals surface area contributed by atoms with Gasteiger partial charge in [-0.25, -0.2) is 0 Å². The Hall–Kier alpha value is -3.28.